The van der Waals surface area contributed by atoms with Crippen LogP contribution >= 0.6 is 0 Å². The zero-order valence-electron chi connectivity index (χ0n) is 17.9. The van der Waals surface area contributed by atoms with Crippen LogP contribution in [-0.4, -0.2) is 34.3 Å². The summed E-state index contributed by atoms with van der Waals surface area (Å²) in [6, 6.07) is 8.50. The number of ether oxygens (including phenoxy) is 1. The van der Waals surface area contributed by atoms with E-state index >= 15 is 8.78 Å². The van der Waals surface area contributed by atoms with Gasteiger partial charge in [0.25, 0.3) is 0 Å². The zero-order chi connectivity index (χ0) is 26.1. The van der Waals surface area contributed by atoms with Crippen molar-refractivity contribution in [1.82, 2.24) is 21.1 Å². The minimum Gasteiger partial charge on any atom is -0.406 e. The van der Waals surface area contributed by atoms with Gasteiger partial charge in [-0.2, -0.15) is 13.9 Å². The van der Waals surface area contributed by atoms with E-state index in [-0.39, 0.29) is 5.56 Å². The molecule has 0 amide bonds. The second kappa shape index (κ2) is 9.28. The Bertz CT molecular complexity index is 1250. The van der Waals surface area contributed by atoms with E-state index in [1.807, 2.05) is 0 Å². The lowest BCUT2D eigenvalue weighted by molar-refractivity contribution is -0.274. The van der Waals surface area contributed by atoms with Crippen LogP contribution in [-0.2, 0) is 11.5 Å². The molecule has 3 N–H and O–H groups in total. The first-order chi connectivity index (χ1) is 16.9. The van der Waals surface area contributed by atoms with E-state index in [1.54, 1.807) is 0 Å². The number of aliphatic hydroxyl groups is 1. The first-order valence-corrected chi connectivity index (χ1v) is 10.1. The van der Waals surface area contributed by atoms with Gasteiger partial charge in [0, 0.05) is 23.4 Å². The van der Waals surface area contributed by atoms with Gasteiger partial charge in [0.1, 0.15) is 29.4 Å². The fraction of sp³-hybridized carbons (Fsp3) is 0.182. The molecular weight excluding hydrogens is 499 g/mol. The lowest BCUT2D eigenvalue weighted by Gasteiger charge is -2.38. The van der Waals surface area contributed by atoms with Gasteiger partial charge in [-0.3, -0.25) is 9.99 Å². The number of aromatic nitrogens is 1. The highest BCUT2D eigenvalue weighted by Gasteiger charge is 2.58. The van der Waals surface area contributed by atoms with Crippen LogP contribution in [0.15, 0.2) is 65.9 Å². The Kier molecular flexibility index (Phi) is 6.49. The molecule has 1 atom stereocenters. The summed E-state index contributed by atoms with van der Waals surface area (Å²) in [6.07, 6.45) is -2.82. The normalized spacial score (nSPS) is 15.5. The number of nitrogens with zero attached hydrogens (tertiary/aromatic N) is 3. The minimum atomic E-state index is -4.87. The maximum Gasteiger partial charge on any atom is 0.573 e. The molecule has 0 radical (unpaired) electrons. The summed E-state index contributed by atoms with van der Waals surface area (Å²) in [5.41, 5.74) is 0.135. The van der Waals surface area contributed by atoms with E-state index in [9.17, 15) is 27.1 Å². The number of pyridine rings is 1. The average Bonchev–Trinajstić information content (AvgIpc) is 3.31. The van der Waals surface area contributed by atoms with E-state index in [2.05, 4.69) is 25.9 Å². The monoisotopic (exact) mass is 515 g/mol. The molecular formula is C22H16F7N5O2. The molecule has 0 spiro atoms. The summed E-state index contributed by atoms with van der Waals surface area (Å²) in [4.78, 5) is 3.72. The number of hydrazine groups is 2. The summed E-state index contributed by atoms with van der Waals surface area (Å²) >= 11 is 0. The predicted molar refractivity (Wildman–Crippen MR) is 112 cm³/mol. The van der Waals surface area contributed by atoms with E-state index in [0.717, 1.165) is 41.8 Å². The van der Waals surface area contributed by atoms with E-state index in [1.165, 1.54) is 18.2 Å². The molecule has 0 fully saturated rings. The number of hydrogen-bond acceptors (Lipinski definition) is 7. The van der Waals surface area contributed by atoms with E-state index in [4.69, 9.17) is 0 Å². The molecule has 36 heavy (non-hydrogen) atoms. The Hall–Kier alpha value is -3.91. The van der Waals surface area contributed by atoms with Gasteiger partial charge in [0.2, 0.25) is 0 Å². The lowest BCUT2D eigenvalue weighted by atomic mass is 9.84. The van der Waals surface area contributed by atoms with Crippen LogP contribution < -0.4 is 15.8 Å². The Morgan fingerprint density at radius 1 is 0.917 bits per heavy atom. The van der Waals surface area contributed by atoms with Gasteiger partial charge in [0.15, 0.2) is 5.60 Å². The summed E-state index contributed by atoms with van der Waals surface area (Å²) in [5, 5.41) is 15.7. The molecule has 7 nitrogen and oxygen atoms in total. The number of hydrazone groups is 1. The molecule has 2 aromatic carbocycles. The number of halogens is 7. The summed E-state index contributed by atoms with van der Waals surface area (Å²) in [5.74, 6) is -7.12. The number of β-amino-alcohol motifs (C(OH)–C–C–N with tert-alkyl or cyclic N) is 1. The van der Waals surface area contributed by atoms with Gasteiger partial charge >= 0.3 is 12.3 Å². The van der Waals surface area contributed by atoms with E-state index < -0.39 is 53.1 Å². The SMILES string of the molecule is O[C@](CN1C=NNN1)(c1ccc(F)cc1F)C(F)(F)c1ccc(-c2ccc(OC(F)(F)F)cc2)cn1. The van der Waals surface area contributed by atoms with Gasteiger partial charge in [-0.25, -0.2) is 14.3 Å². The maximum absolute atomic E-state index is 15.8. The molecule has 0 unspecified atom stereocenters. The topological polar surface area (TPSA) is 82.0 Å². The molecule has 4 rings (SSSR count). The largest absolute Gasteiger partial charge is 0.573 e. The zero-order valence-corrected chi connectivity index (χ0v) is 17.9. The van der Waals surface area contributed by atoms with Crippen molar-refractivity contribution >= 4 is 6.34 Å². The molecule has 2 heterocycles. The van der Waals surface area contributed by atoms with Crippen LogP contribution in [0, 0.1) is 11.6 Å². The molecule has 0 bridgehead atoms. The van der Waals surface area contributed by atoms with Crippen molar-refractivity contribution in [3.63, 3.8) is 0 Å². The second-order valence-corrected chi connectivity index (χ2v) is 7.66. The van der Waals surface area contributed by atoms with Crippen molar-refractivity contribution in [3.05, 3.63) is 83.7 Å². The highest BCUT2D eigenvalue weighted by atomic mass is 19.4. The number of alkyl halides is 5. The minimum absolute atomic E-state index is 0.266. The lowest BCUT2D eigenvalue weighted by Crippen LogP contribution is -2.54. The Morgan fingerprint density at radius 3 is 2.17 bits per heavy atom. The van der Waals surface area contributed by atoms with Crippen LogP contribution in [0.1, 0.15) is 11.3 Å². The maximum atomic E-state index is 15.8. The third kappa shape index (κ3) is 5.04. The van der Waals surface area contributed by atoms with Crippen molar-refractivity contribution < 1.29 is 40.6 Å². The number of benzene rings is 2. The van der Waals surface area contributed by atoms with Crippen molar-refractivity contribution in [2.75, 3.05) is 6.54 Å². The third-order valence-electron chi connectivity index (χ3n) is 5.26. The fourth-order valence-electron chi connectivity index (χ4n) is 3.54. The van der Waals surface area contributed by atoms with Crippen molar-refractivity contribution in [3.8, 4) is 16.9 Å². The van der Waals surface area contributed by atoms with Crippen molar-refractivity contribution in [2.24, 2.45) is 5.10 Å². The number of rotatable bonds is 7. The summed E-state index contributed by atoms with van der Waals surface area (Å²) < 4.78 is 100. The van der Waals surface area contributed by atoms with Crippen LogP contribution in [0.2, 0.25) is 0 Å². The van der Waals surface area contributed by atoms with E-state index in [0.29, 0.717) is 17.7 Å². The van der Waals surface area contributed by atoms with Gasteiger partial charge in [0.05, 0.1) is 6.54 Å². The van der Waals surface area contributed by atoms with Gasteiger partial charge < -0.3 is 9.84 Å². The molecule has 3 aromatic rings. The van der Waals surface area contributed by atoms with Gasteiger partial charge in [-0.15, -0.1) is 18.7 Å². The third-order valence-corrected chi connectivity index (χ3v) is 5.26. The van der Waals surface area contributed by atoms with Crippen molar-refractivity contribution in [1.29, 1.82) is 0 Å². The molecule has 0 saturated carbocycles. The van der Waals surface area contributed by atoms with Crippen LogP contribution in [0.3, 0.4) is 0 Å². The first kappa shape index (κ1) is 25.2. The number of nitrogens with one attached hydrogen (secondary N) is 2. The van der Waals surface area contributed by atoms with Gasteiger partial charge in [-0.1, -0.05) is 18.2 Å². The summed E-state index contributed by atoms with van der Waals surface area (Å²) in [6.45, 7) is -0.927. The molecule has 14 heteroatoms. The molecule has 1 aromatic heterocycles. The molecule has 1 aliphatic rings. The Labute approximate surface area is 198 Å². The number of hydrogen-bond donors (Lipinski definition) is 3. The molecule has 0 aliphatic carbocycles. The predicted octanol–water partition coefficient (Wildman–Crippen LogP) is 4.17. The second-order valence-electron chi connectivity index (χ2n) is 7.66. The smallest absolute Gasteiger partial charge is 0.406 e. The van der Waals surface area contributed by atoms with Crippen molar-refractivity contribution in [2.45, 2.75) is 17.9 Å². The van der Waals surface area contributed by atoms with Crippen LogP contribution in [0.5, 0.6) is 5.75 Å². The van der Waals surface area contributed by atoms with Crippen LogP contribution in [0.25, 0.3) is 11.1 Å². The van der Waals surface area contributed by atoms with Gasteiger partial charge in [-0.05, 0) is 35.9 Å². The molecule has 190 valence electrons. The Balaban J connectivity index is 1.66. The first-order valence-electron chi connectivity index (χ1n) is 10.1. The Morgan fingerprint density at radius 2 is 1.61 bits per heavy atom. The molecule has 0 saturated heterocycles. The highest BCUT2D eigenvalue weighted by molar-refractivity contribution is 5.63. The molecule has 1 aliphatic heterocycles. The highest BCUT2D eigenvalue weighted by Crippen LogP contribution is 2.46. The standard InChI is InChI=1S/C22H16F7N5O2/c23-15-4-7-17(18(24)9-15)20(35,11-34-12-31-32-33-34)21(25,26)19-8-3-14(10-30-19)13-1-5-16(6-2-13)36-22(27,28)29/h1-10,12,32-33,35H,11H2/t20-/m1/s1. The average molecular weight is 515 g/mol. The van der Waals surface area contributed by atoms with Crippen LogP contribution in [0.4, 0.5) is 30.7 Å². The quantitative estimate of drug-likeness (QED) is 0.410. The summed E-state index contributed by atoms with van der Waals surface area (Å²) in [7, 11) is 0. The fourth-order valence-corrected chi connectivity index (χ4v) is 3.54.